The number of hydrogen-bond donors (Lipinski definition) is 1. The SMILES string of the molecule is CCCCCCC/C=C(\C)C(=O)C1=CC(C2(O)CC2)OC1=O. The summed E-state index contributed by atoms with van der Waals surface area (Å²) in [6.07, 6.45) is 10.8. The minimum Gasteiger partial charge on any atom is -0.451 e. The van der Waals surface area contributed by atoms with E-state index in [1.54, 1.807) is 6.92 Å². The van der Waals surface area contributed by atoms with E-state index in [9.17, 15) is 14.7 Å². The lowest BCUT2D eigenvalue weighted by atomic mass is 10.0. The molecule has 4 nitrogen and oxygen atoms in total. The van der Waals surface area contributed by atoms with Crippen LogP contribution in [0.3, 0.4) is 0 Å². The molecule has 2 rings (SSSR count). The molecule has 1 aliphatic carbocycles. The van der Waals surface area contributed by atoms with Crippen molar-refractivity contribution in [3.05, 3.63) is 23.3 Å². The number of rotatable bonds is 9. The fourth-order valence-electron chi connectivity index (χ4n) is 2.65. The molecule has 0 amide bonds. The van der Waals surface area contributed by atoms with Gasteiger partial charge >= 0.3 is 5.97 Å². The standard InChI is InChI=1S/C18H26O4/c1-3-4-5-6-7-8-9-13(2)16(19)14-12-15(22-17(14)20)18(21)10-11-18/h9,12,15,21H,3-8,10-11H2,1-2H3/b13-9+. The Kier molecular flexibility index (Phi) is 5.57. The van der Waals surface area contributed by atoms with Crippen LogP contribution >= 0.6 is 0 Å². The van der Waals surface area contributed by atoms with Gasteiger partial charge in [0.05, 0.1) is 0 Å². The smallest absolute Gasteiger partial charge is 0.342 e. The van der Waals surface area contributed by atoms with Crippen molar-refractivity contribution >= 4 is 11.8 Å². The predicted octanol–water partition coefficient (Wildman–Crippen LogP) is 3.24. The lowest BCUT2D eigenvalue weighted by Gasteiger charge is -2.13. The molecule has 2 aliphatic rings. The minimum absolute atomic E-state index is 0.0741. The van der Waals surface area contributed by atoms with Crippen molar-refractivity contribution in [3.63, 3.8) is 0 Å². The zero-order chi connectivity index (χ0) is 16.2. The average Bonchev–Trinajstić information content (AvgIpc) is 3.12. The highest BCUT2D eigenvalue weighted by atomic mass is 16.6. The first-order valence-corrected chi connectivity index (χ1v) is 8.34. The predicted molar refractivity (Wildman–Crippen MR) is 84.3 cm³/mol. The summed E-state index contributed by atoms with van der Waals surface area (Å²) < 4.78 is 5.11. The van der Waals surface area contributed by atoms with Gasteiger partial charge in [-0.15, -0.1) is 0 Å². The third kappa shape index (κ3) is 4.07. The third-order valence-corrected chi connectivity index (χ3v) is 4.42. The first-order chi connectivity index (χ1) is 10.5. The van der Waals surface area contributed by atoms with Crippen molar-refractivity contribution < 1.29 is 19.4 Å². The van der Waals surface area contributed by atoms with Crippen LogP contribution in [0.15, 0.2) is 23.3 Å². The molecule has 0 aromatic rings. The Hall–Kier alpha value is -1.42. The number of ether oxygens (including phenoxy) is 1. The lowest BCUT2D eigenvalue weighted by molar-refractivity contribution is -0.145. The second-order valence-electron chi connectivity index (χ2n) is 6.43. The van der Waals surface area contributed by atoms with E-state index in [1.165, 1.54) is 31.8 Å². The molecule has 122 valence electrons. The third-order valence-electron chi connectivity index (χ3n) is 4.42. The fourth-order valence-corrected chi connectivity index (χ4v) is 2.65. The van der Waals surface area contributed by atoms with Crippen LogP contribution in [0.25, 0.3) is 0 Å². The molecule has 1 aliphatic heterocycles. The van der Waals surface area contributed by atoms with Gasteiger partial charge in [-0.25, -0.2) is 4.79 Å². The Bertz CT molecular complexity index is 497. The van der Waals surface area contributed by atoms with Crippen LogP contribution in [0, 0.1) is 0 Å². The van der Waals surface area contributed by atoms with Crippen LogP contribution in [-0.4, -0.2) is 28.6 Å². The summed E-state index contributed by atoms with van der Waals surface area (Å²) in [5, 5.41) is 9.98. The summed E-state index contributed by atoms with van der Waals surface area (Å²) >= 11 is 0. The monoisotopic (exact) mass is 306 g/mol. The van der Waals surface area contributed by atoms with Gasteiger partial charge in [-0.05, 0) is 44.3 Å². The average molecular weight is 306 g/mol. The minimum atomic E-state index is -0.936. The number of Topliss-reactive ketones (excluding diaryl/α,β-unsaturated/α-hetero) is 1. The van der Waals surface area contributed by atoms with Crippen LogP contribution in [0.5, 0.6) is 0 Å². The summed E-state index contributed by atoms with van der Waals surface area (Å²) in [6.45, 7) is 3.92. The molecule has 22 heavy (non-hydrogen) atoms. The van der Waals surface area contributed by atoms with Crippen LogP contribution < -0.4 is 0 Å². The summed E-state index contributed by atoms with van der Waals surface area (Å²) in [7, 11) is 0. The van der Waals surface area contributed by atoms with Gasteiger partial charge < -0.3 is 9.84 Å². The Morgan fingerprint density at radius 2 is 2.05 bits per heavy atom. The van der Waals surface area contributed by atoms with Crippen LogP contribution in [0.2, 0.25) is 0 Å². The van der Waals surface area contributed by atoms with Crippen LogP contribution in [-0.2, 0) is 14.3 Å². The molecule has 0 bridgehead atoms. The van der Waals surface area contributed by atoms with Crippen molar-refractivity contribution in [2.24, 2.45) is 0 Å². The van der Waals surface area contributed by atoms with Crippen molar-refractivity contribution in [2.75, 3.05) is 0 Å². The Labute approximate surface area is 132 Å². The maximum atomic E-state index is 12.3. The van der Waals surface area contributed by atoms with E-state index in [1.807, 2.05) is 6.08 Å². The molecular formula is C18H26O4. The van der Waals surface area contributed by atoms with Gasteiger partial charge in [0.25, 0.3) is 0 Å². The number of esters is 1. The Morgan fingerprint density at radius 1 is 1.36 bits per heavy atom. The molecule has 0 aromatic heterocycles. The molecule has 1 fully saturated rings. The zero-order valence-corrected chi connectivity index (χ0v) is 13.6. The number of allylic oxidation sites excluding steroid dienone is 2. The number of cyclic esters (lactones) is 1. The molecule has 1 N–H and O–H groups in total. The second-order valence-corrected chi connectivity index (χ2v) is 6.43. The van der Waals surface area contributed by atoms with Crippen molar-refractivity contribution in [1.29, 1.82) is 0 Å². The van der Waals surface area contributed by atoms with E-state index in [2.05, 4.69) is 6.92 Å². The number of ketones is 1. The first kappa shape index (κ1) is 16.9. The maximum absolute atomic E-state index is 12.3. The highest BCUT2D eigenvalue weighted by Gasteiger charge is 2.52. The number of carbonyl (C=O) groups excluding carboxylic acids is 2. The summed E-state index contributed by atoms with van der Waals surface area (Å²) in [5.41, 5.74) is -0.276. The van der Waals surface area contributed by atoms with Crippen molar-refractivity contribution in [3.8, 4) is 0 Å². The van der Waals surface area contributed by atoms with Gasteiger partial charge in [-0.3, -0.25) is 4.79 Å². The second kappa shape index (κ2) is 7.23. The highest BCUT2D eigenvalue weighted by molar-refractivity contribution is 6.24. The van der Waals surface area contributed by atoms with E-state index in [0.29, 0.717) is 18.4 Å². The van der Waals surface area contributed by atoms with Gasteiger partial charge in [-0.1, -0.05) is 38.7 Å². The summed E-state index contributed by atoms with van der Waals surface area (Å²) in [6, 6.07) is 0. The summed E-state index contributed by atoms with van der Waals surface area (Å²) in [4.78, 5) is 24.1. The van der Waals surface area contributed by atoms with Gasteiger partial charge in [0.1, 0.15) is 11.2 Å². The molecule has 4 heteroatoms. The largest absolute Gasteiger partial charge is 0.451 e. The molecule has 0 saturated heterocycles. The quantitative estimate of drug-likeness (QED) is 0.307. The Morgan fingerprint density at radius 3 is 2.68 bits per heavy atom. The summed E-state index contributed by atoms with van der Waals surface area (Å²) in [5.74, 6) is -0.878. The molecule has 1 saturated carbocycles. The molecule has 0 spiro atoms. The van der Waals surface area contributed by atoms with Crippen LogP contribution in [0.1, 0.15) is 65.2 Å². The molecule has 0 radical (unpaired) electrons. The lowest BCUT2D eigenvalue weighted by Crippen LogP contribution is -2.27. The molecule has 1 unspecified atom stereocenters. The maximum Gasteiger partial charge on any atom is 0.342 e. The Balaban J connectivity index is 1.86. The van der Waals surface area contributed by atoms with E-state index in [0.717, 1.165) is 12.8 Å². The first-order valence-electron chi connectivity index (χ1n) is 8.34. The number of unbranched alkanes of at least 4 members (excludes halogenated alkanes) is 5. The van der Waals surface area contributed by atoms with Crippen LogP contribution in [0.4, 0.5) is 0 Å². The van der Waals surface area contributed by atoms with Crippen molar-refractivity contribution in [2.45, 2.75) is 76.9 Å². The topological polar surface area (TPSA) is 63.6 Å². The zero-order valence-electron chi connectivity index (χ0n) is 13.6. The highest BCUT2D eigenvalue weighted by Crippen LogP contribution is 2.43. The molecule has 0 aromatic carbocycles. The number of hydrogen-bond acceptors (Lipinski definition) is 4. The molecule has 1 heterocycles. The molecule has 1 atom stereocenters. The van der Waals surface area contributed by atoms with Gasteiger partial charge in [0.2, 0.25) is 0 Å². The van der Waals surface area contributed by atoms with Gasteiger partial charge in [0, 0.05) is 0 Å². The van der Waals surface area contributed by atoms with Crippen molar-refractivity contribution in [1.82, 2.24) is 0 Å². The molecular weight excluding hydrogens is 280 g/mol. The normalized spacial score (nSPS) is 23.2. The van der Waals surface area contributed by atoms with Gasteiger partial charge in [0.15, 0.2) is 11.9 Å². The van der Waals surface area contributed by atoms with E-state index in [-0.39, 0.29) is 11.4 Å². The fraction of sp³-hybridized carbons (Fsp3) is 0.667. The number of aliphatic hydroxyl groups is 1. The number of carbonyl (C=O) groups is 2. The van der Waals surface area contributed by atoms with Gasteiger partial charge in [-0.2, -0.15) is 0 Å². The van der Waals surface area contributed by atoms with E-state index >= 15 is 0 Å². The van der Waals surface area contributed by atoms with E-state index in [4.69, 9.17) is 4.74 Å². The van der Waals surface area contributed by atoms with E-state index < -0.39 is 17.7 Å².